The van der Waals surface area contributed by atoms with Crippen molar-refractivity contribution in [3.8, 4) is 0 Å². The van der Waals surface area contributed by atoms with Crippen LogP contribution in [0.2, 0.25) is 0 Å². The van der Waals surface area contributed by atoms with Crippen molar-refractivity contribution < 1.29 is 21.5 Å². The lowest BCUT2D eigenvalue weighted by Crippen LogP contribution is -3.00. The number of halogens is 1. The van der Waals surface area contributed by atoms with Crippen LogP contribution in [0.4, 0.5) is 0 Å². The van der Waals surface area contributed by atoms with Crippen molar-refractivity contribution in [2.75, 3.05) is 14.1 Å². The lowest BCUT2D eigenvalue weighted by Gasteiger charge is -2.43. The summed E-state index contributed by atoms with van der Waals surface area (Å²) < 4.78 is 1.23. The summed E-state index contributed by atoms with van der Waals surface area (Å²) in [6.07, 6.45) is 9.83. The standard InChI is InChI=1S/C22H27N2.BrH/c1-24(2)19-11-12-20(24)15-17(14-19)16-21(18-8-4-3-5-9-18)22-10-6-7-13-23-22;/h3-10,13,16-17,19-20H,11-12,14-15H2,1-2H3;1H/q+1;/p-1/b21-16-;. The van der Waals surface area contributed by atoms with Crippen molar-refractivity contribution in [1.29, 1.82) is 0 Å². The fourth-order valence-corrected chi connectivity index (χ4v) is 4.76. The number of quaternary nitrogens is 1. The summed E-state index contributed by atoms with van der Waals surface area (Å²) in [5.41, 5.74) is 3.67. The maximum atomic E-state index is 4.63. The monoisotopic (exact) mass is 398 g/mol. The summed E-state index contributed by atoms with van der Waals surface area (Å²) in [5, 5.41) is 0. The number of fused-ring (bicyclic) bond motifs is 2. The minimum atomic E-state index is 0. The molecule has 0 radical (unpaired) electrons. The first-order valence-electron chi connectivity index (χ1n) is 9.16. The molecule has 2 aliphatic rings. The molecule has 0 N–H and O–H groups in total. The van der Waals surface area contributed by atoms with E-state index in [0.29, 0.717) is 5.92 Å². The molecular weight excluding hydrogens is 372 g/mol. The number of hydrogen-bond donors (Lipinski definition) is 0. The summed E-state index contributed by atoms with van der Waals surface area (Å²) in [6.45, 7) is 0. The van der Waals surface area contributed by atoms with Gasteiger partial charge in [-0.1, -0.05) is 42.5 Å². The van der Waals surface area contributed by atoms with Crippen molar-refractivity contribution >= 4 is 5.57 Å². The molecule has 2 unspecified atom stereocenters. The number of nitrogens with zero attached hydrogens (tertiary/aromatic N) is 2. The van der Waals surface area contributed by atoms with Crippen LogP contribution in [0.3, 0.4) is 0 Å². The zero-order valence-electron chi connectivity index (χ0n) is 15.1. The van der Waals surface area contributed by atoms with Gasteiger partial charge in [0.15, 0.2) is 0 Å². The Morgan fingerprint density at radius 3 is 2.20 bits per heavy atom. The molecule has 1 aromatic carbocycles. The van der Waals surface area contributed by atoms with Crippen LogP contribution in [0.15, 0.2) is 60.8 Å². The summed E-state index contributed by atoms with van der Waals surface area (Å²) in [4.78, 5) is 4.63. The van der Waals surface area contributed by atoms with Crippen LogP contribution in [0.25, 0.3) is 5.57 Å². The van der Waals surface area contributed by atoms with Gasteiger partial charge < -0.3 is 21.5 Å². The molecule has 2 atom stereocenters. The summed E-state index contributed by atoms with van der Waals surface area (Å²) in [6, 6.07) is 18.6. The Hall–Kier alpha value is -1.45. The molecule has 132 valence electrons. The number of allylic oxidation sites excluding steroid dienone is 1. The number of piperidine rings is 1. The molecule has 3 heteroatoms. The third-order valence-electron chi connectivity index (χ3n) is 6.29. The first-order valence-corrected chi connectivity index (χ1v) is 9.16. The van der Waals surface area contributed by atoms with Crippen molar-refractivity contribution in [3.63, 3.8) is 0 Å². The minimum absolute atomic E-state index is 0. The van der Waals surface area contributed by atoms with Gasteiger partial charge in [-0.15, -0.1) is 0 Å². The highest BCUT2D eigenvalue weighted by molar-refractivity contribution is 5.77. The van der Waals surface area contributed by atoms with E-state index in [1.807, 2.05) is 12.3 Å². The molecule has 0 spiro atoms. The van der Waals surface area contributed by atoms with Crippen LogP contribution in [0, 0.1) is 5.92 Å². The molecule has 2 aliphatic heterocycles. The smallest absolute Gasteiger partial charge is 0.0896 e. The fraction of sp³-hybridized carbons (Fsp3) is 0.409. The number of pyridine rings is 1. The van der Waals surface area contributed by atoms with Crippen molar-refractivity contribution in [2.24, 2.45) is 5.92 Å². The Bertz CT molecular complexity index is 667. The topological polar surface area (TPSA) is 12.9 Å². The van der Waals surface area contributed by atoms with Gasteiger partial charge in [0.25, 0.3) is 0 Å². The second-order valence-corrected chi connectivity index (χ2v) is 7.91. The van der Waals surface area contributed by atoms with Crippen LogP contribution in [0.5, 0.6) is 0 Å². The molecule has 2 aromatic rings. The average Bonchev–Trinajstić information content (AvgIpc) is 2.79. The molecule has 25 heavy (non-hydrogen) atoms. The number of aromatic nitrogens is 1. The third-order valence-corrected chi connectivity index (χ3v) is 6.29. The normalized spacial score (nSPS) is 27.6. The predicted octanol–water partition coefficient (Wildman–Crippen LogP) is 1.53. The second kappa shape index (κ2) is 7.43. The fourth-order valence-electron chi connectivity index (χ4n) is 4.76. The molecule has 2 nitrogen and oxygen atoms in total. The average molecular weight is 399 g/mol. The van der Waals surface area contributed by atoms with E-state index in [0.717, 1.165) is 17.8 Å². The first kappa shape index (κ1) is 18.3. The first-order chi connectivity index (χ1) is 11.6. The maximum absolute atomic E-state index is 4.63. The Labute approximate surface area is 162 Å². The lowest BCUT2D eigenvalue weighted by molar-refractivity contribution is -0.931. The Morgan fingerprint density at radius 1 is 0.960 bits per heavy atom. The molecule has 2 fully saturated rings. The quantitative estimate of drug-likeness (QED) is 0.714. The number of rotatable bonds is 3. The Morgan fingerprint density at radius 2 is 1.60 bits per heavy atom. The number of benzene rings is 1. The van der Waals surface area contributed by atoms with Gasteiger partial charge >= 0.3 is 0 Å². The summed E-state index contributed by atoms with van der Waals surface area (Å²) >= 11 is 0. The van der Waals surface area contributed by atoms with Crippen molar-refractivity contribution in [2.45, 2.75) is 37.8 Å². The highest BCUT2D eigenvalue weighted by Gasteiger charge is 2.48. The van der Waals surface area contributed by atoms with E-state index in [9.17, 15) is 0 Å². The third kappa shape index (κ3) is 3.58. The largest absolute Gasteiger partial charge is 1.00 e. The molecule has 4 rings (SSSR count). The minimum Gasteiger partial charge on any atom is -1.00 e. The molecule has 0 aliphatic carbocycles. The van der Waals surface area contributed by atoms with E-state index in [-0.39, 0.29) is 17.0 Å². The van der Waals surface area contributed by atoms with Gasteiger partial charge in [-0.3, -0.25) is 4.98 Å². The zero-order chi connectivity index (χ0) is 16.6. The molecule has 1 aromatic heterocycles. The van der Waals surface area contributed by atoms with Crippen LogP contribution in [-0.4, -0.2) is 35.6 Å². The van der Waals surface area contributed by atoms with Crippen LogP contribution < -0.4 is 17.0 Å². The van der Waals surface area contributed by atoms with Crippen LogP contribution in [-0.2, 0) is 0 Å². The molecule has 0 saturated carbocycles. The molecule has 3 heterocycles. The molecular formula is C22H27BrN2. The zero-order valence-corrected chi connectivity index (χ0v) is 16.7. The van der Waals surface area contributed by atoms with E-state index in [1.165, 1.54) is 41.3 Å². The molecule has 2 bridgehead atoms. The predicted molar refractivity (Wildman–Crippen MR) is 99.4 cm³/mol. The van der Waals surface area contributed by atoms with E-state index >= 15 is 0 Å². The van der Waals surface area contributed by atoms with E-state index in [4.69, 9.17) is 0 Å². The lowest BCUT2D eigenvalue weighted by atomic mass is 9.86. The van der Waals surface area contributed by atoms with Gasteiger partial charge in [-0.05, 0) is 23.6 Å². The van der Waals surface area contributed by atoms with Gasteiger partial charge in [0, 0.05) is 37.5 Å². The van der Waals surface area contributed by atoms with E-state index in [2.05, 4.69) is 67.6 Å². The van der Waals surface area contributed by atoms with Crippen LogP contribution in [0.1, 0.15) is 36.9 Å². The summed E-state index contributed by atoms with van der Waals surface area (Å²) in [5.74, 6) is 0.672. The highest BCUT2D eigenvalue weighted by atomic mass is 79.9. The van der Waals surface area contributed by atoms with E-state index < -0.39 is 0 Å². The van der Waals surface area contributed by atoms with Crippen molar-refractivity contribution in [1.82, 2.24) is 4.98 Å². The van der Waals surface area contributed by atoms with Gasteiger partial charge in [0.2, 0.25) is 0 Å². The molecule has 0 amide bonds. The van der Waals surface area contributed by atoms with Gasteiger partial charge in [0.05, 0.1) is 31.9 Å². The Kier molecular flexibility index (Phi) is 5.45. The maximum Gasteiger partial charge on any atom is 0.0896 e. The molecule has 2 saturated heterocycles. The van der Waals surface area contributed by atoms with E-state index in [1.54, 1.807) is 0 Å². The second-order valence-electron chi connectivity index (χ2n) is 7.91. The number of hydrogen-bond acceptors (Lipinski definition) is 1. The van der Waals surface area contributed by atoms with Gasteiger partial charge in [-0.2, -0.15) is 0 Å². The van der Waals surface area contributed by atoms with Crippen LogP contribution >= 0.6 is 0 Å². The van der Waals surface area contributed by atoms with Gasteiger partial charge in [0.1, 0.15) is 0 Å². The van der Waals surface area contributed by atoms with Crippen molar-refractivity contribution in [3.05, 3.63) is 72.1 Å². The highest BCUT2D eigenvalue weighted by Crippen LogP contribution is 2.43. The van der Waals surface area contributed by atoms with Gasteiger partial charge in [-0.25, -0.2) is 0 Å². The Balaban J connectivity index is 0.00000182. The summed E-state index contributed by atoms with van der Waals surface area (Å²) in [7, 11) is 4.86. The SMILES string of the molecule is C[N+]1(C)C2CCC1CC(/C=C(/c1ccccc1)c1ccccn1)C2.[Br-].